The summed E-state index contributed by atoms with van der Waals surface area (Å²) in [7, 11) is 0. The lowest BCUT2D eigenvalue weighted by Crippen LogP contribution is -2.36. The molecule has 0 unspecified atom stereocenters. The van der Waals surface area contributed by atoms with Crippen LogP contribution in [0.2, 0.25) is 0 Å². The van der Waals surface area contributed by atoms with Gasteiger partial charge in [-0.2, -0.15) is 0 Å². The summed E-state index contributed by atoms with van der Waals surface area (Å²) in [6, 6.07) is 15.0. The number of amides is 1. The van der Waals surface area contributed by atoms with E-state index in [2.05, 4.69) is 10.2 Å². The average Bonchev–Trinajstić information content (AvgIpc) is 2.79. The summed E-state index contributed by atoms with van der Waals surface area (Å²) in [6.45, 7) is 4.80. The van der Waals surface area contributed by atoms with E-state index in [1.165, 1.54) is 0 Å². The highest BCUT2D eigenvalue weighted by molar-refractivity contribution is 5.99. The van der Waals surface area contributed by atoms with E-state index in [0.717, 1.165) is 30.1 Å². The van der Waals surface area contributed by atoms with Crippen LogP contribution >= 0.6 is 0 Å². The van der Waals surface area contributed by atoms with Gasteiger partial charge in [-0.15, -0.1) is 0 Å². The third-order valence-corrected chi connectivity index (χ3v) is 5.06. The molecule has 2 aliphatic heterocycles. The summed E-state index contributed by atoms with van der Waals surface area (Å²) in [5, 5.41) is 2.79. The Hall–Kier alpha value is -3.32. The van der Waals surface area contributed by atoms with Crippen molar-refractivity contribution in [3.63, 3.8) is 0 Å². The van der Waals surface area contributed by atoms with E-state index in [-0.39, 0.29) is 12.5 Å². The van der Waals surface area contributed by atoms with Crippen LogP contribution in [0.1, 0.15) is 12.5 Å². The quantitative estimate of drug-likeness (QED) is 0.767. The number of fused-ring (bicyclic) bond motifs is 1. The highest BCUT2D eigenvalue weighted by atomic mass is 16.6. The maximum absolute atomic E-state index is 12.4. The van der Waals surface area contributed by atoms with Crippen molar-refractivity contribution in [1.29, 1.82) is 0 Å². The predicted molar refractivity (Wildman–Crippen MR) is 114 cm³/mol. The second-order valence-corrected chi connectivity index (χ2v) is 7.18. The molecule has 1 amide bonds. The van der Waals surface area contributed by atoms with Gasteiger partial charge in [0, 0.05) is 30.0 Å². The molecular weight excluding hydrogens is 384 g/mol. The van der Waals surface area contributed by atoms with Crippen molar-refractivity contribution in [1.82, 2.24) is 0 Å². The molecule has 0 aromatic heterocycles. The van der Waals surface area contributed by atoms with Crippen molar-refractivity contribution < 1.29 is 23.8 Å². The molecule has 2 aromatic rings. The molecule has 2 aromatic carbocycles. The van der Waals surface area contributed by atoms with Gasteiger partial charge in [0.1, 0.15) is 12.4 Å². The predicted octanol–water partition coefficient (Wildman–Crippen LogP) is 2.87. The second kappa shape index (κ2) is 9.00. The fourth-order valence-electron chi connectivity index (χ4n) is 3.34. The largest absolute Gasteiger partial charge is 0.488 e. The van der Waals surface area contributed by atoms with Crippen LogP contribution in [0.4, 0.5) is 11.4 Å². The first-order valence-electron chi connectivity index (χ1n) is 9.97. The molecule has 2 aliphatic rings. The molecule has 0 radical (unpaired) electrons. The first-order chi connectivity index (χ1) is 14.6. The van der Waals surface area contributed by atoms with Crippen molar-refractivity contribution in [2.45, 2.75) is 13.0 Å². The second-order valence-electron chi connectivity index (χ2n) is 7.18. The first-order valence-corrected chi connectivity index (χ1v) is 9.97. The molecule has 0 bridgehead atoms. The van der Waals surface area contributed by atoms with E-state index in [1.807, 2.05) is 48.5 Å². The molecule has 4 rings (SSSR count). The lowest BCUT2D eigenvalue weighted by Gasteiger charge is -2.29. The number of benzene rings is 2. The van der Waals surface area contributed by atoms with Gasteiger partial charge in [0.15, 0.2) is 6.10 Å². The van der Waals surface area contributed by atoms with E-state index in [9.17, 15) is 9.59 Å². The Morgan fingerprint density at radius 3 is 2.57 bits per heavy atom. The summed E-state index contributed by atoms with van der Waals surface area (Å²) in [5.41, 5.74) is 2.92. The van der Waals surface area contributed by atoms with Crippen LogP contribution in [0.5, 0.6) is 5.75 Å². The van der Waals surface area contributed by atoms with Crippen LogP contribution in [-0.2, 0) is 19.1 Å². The van der Waals surface area contributed by atoms with Crippen LogP contribution in [0.15, 0.2) is 54.1 Å². The smallest absolute Gasteiger partial charge is 0.338 e. The molecule has 1 atom stereocenters. The zero-order chi connectivity index (χ0) is 20.9. The Labute approximate surface area is 175 Å². The molecule has 1 saturated heterocycles. The Morgan fingerprint density at radius 1 is 1.07 bits per heavy atom. The summed E-state index contributed by atoms with van der Waals surface area (Å²) < 4.78 is 16.3. The number of nitrogens with zero attached hydrogens (tertiary/aromatic N) is 1. The summed E-state index contributed by atoms with van der Waals surface area (Å²) >= 11 is 0. The number of nitrogens with one attached hydrogen (secondary N) is 1. The van der Waals surface area contributed by atoms with Gasteiger partial charge in [-0.1, -0.05) is 18.2 Å². The number of esters is 1. The highest BCUT2D eigenvalue weighted by Gasteiger charge is 2.23. The monoisotopic (exact) mass is 408 g/mol. The molecular formula is C23H24N2O5. The number of morpholine rings is 1. The summed E-state index contributed by atoms with van der Waals surface area (Å²) in [5.74, 6) is -0.226. The maximum atomic E-state index is 12.4. The molecule has 0 saturated carbocycles. The molecule has 156 valence electrons. The molecule has 7 heteroatoms. The van der Waals surface area contributed by atoms with Gasteiger partial charge in [-0.05, 0) is 43.3 Å². The van der Waals surface area contributed by atoms with Gasteiger partial charge in [-0.3, -0.25) is 4.79 Å². The standard InChI is InChI=1S/C23H24N2O5/c1-16(30-23(27)18-14-17-4-2-3-5-21(17)29-15-18)22(26)24-19-6-8-20(9-7-19)25-10-12-28-13-11-25/h2-9,14,16H,10-13,15H2,1H3,(H,24,26)/t16-/m0/s1. The number of carbonyl (C=O) groups excluding carboxylic acids is 2. The molecule has 2 heterocycles. The molecule has 30 heavy (non-hydrogen) atoms. The van der Waals surface area contributed by atoms with E-state index >= 15 is 0 Å². The van der Waals surface area contributed by atoms with Crippen LogP contribution < -0.4 is 15.0 Å². The maximum Gasteiger partial charge on any atom is 0.338 e. The zero-order valence-corrected chi connectivity index (χ0v) is 16.8. The molecule has 1 N–H and O–H groups in total. The molecule has 7 nitrogen and oxygen atoms in total. The number of hydrogen-bond donors (Lipinski definition) is 1. The van der Waals surface area contributed by atoms with Gasteiger partial charge in [-0.25, -0.2) is 4.79 Å². The van der Waals surface area contributed by atoms with Crippen LogP contribution in [0.3, 0.4) is 0 Å². The van der Waals surface area contributed by atoms with E-state index in [4.69, 9.17) is 14.2 Å². The van der Waals surface area contributed by atoms with E-state index in [1.54, 1.807) is 13.0 Å². The van der Waals surface area contributed by atoms with Crippen molar-refractivity contribution >= 4 is 29.3 Å². The molecule has 1 fully saturated rings. The topological polar surface area (TPSA) is 77.1 Å². The van der Waals surface area contributed by atoms with Gasteiger partial charge >= 0.3 is 5.97 Å². The van der Waals surface area contributed by atoms with Gasteiger partial charge in [0.25, 0.3) is 5.91 Å². The summed E-state index contributed by atoms with van der Waals surface area (Å²) in [4.78, 5) is 27.1. The third kappa shape index (κ3) is 4.63. The van der Waals surface area contributed by atoms with Gasteiger partial charge < -0.3 is 24.4 Å². The molecule has 0 spiro atoms. The van der Waals surface area contributed by atoms with Crippen molar-refractivity contribution in [2.24, 2.45) is 0 Å². The van der Waals surface area contributed by atoms with Crippen molar-refractivity contribution in [2.75, 3.05) is 43.1 Å². The van der Waals surface area contributed by atoms with E-state index < -0.39 is 12.1 Å². The SMILES string of the molecule is C[C@H](OC(=O)C1=Cc2ccccc2OC1)C(=O)Nc1ccc(N2CCOCC2)cc1. The number of para-hydroxylation sites is 1. The number of hydrogen-bond acceptors (Lipinski definition) is 6. The van der Waals surface area contributed by atoms with Crippen molar-refractivity contribution in [3.8, 4) is 5.75 Å². The number of carbonyl (C=O) groups is 2. The minimum atomic E-state index is -0.936. The minimum Gasteiger partial charge on any atom is -0.488 e. The fraction of sp³-hybridized carbons (Fsp3) is 0.304. The average molecular weight is 408 g/mol. The fourth-order valence-corrected chi connectivity index (χ4v) is 3.34. The Balaban J connectivity index is 1.32. The van der Waals surface area contributed by atoms with Gasteiger partial charge in [0.2, 0.25) is 0 Å². The van der Waals surface area contributed by atoms with Crippen LogP contribution in [-0.4, -0.2) is 50.9 Å². The zero-order valence-electron chi connectivity index (χ0n) is 16.8. The third-order valence-electron chi connectivity index (χ3n) is 5.06. The van der Waals surface area contributed by atoms with Gasteiger partial charge in [0.05, 0.1) is 18.8 Å². The van der Waals surface area contributed by atoms with E-state index in [0.29, 0.717) is 24.5 Å². The summed E-state index contributed by atoms with van der Waals surface area (Å²) in [6.07, 6.45) is 0.797. The minimum absolute atomic E-state index is 0.118. The normalized spacial score (nSPS) is 16.6. The number of ether oxygens (including phenoxy) is 3. The lowest BCUT2D eigenvalue weighted by atomic mass is 10.1. The Kier molecular flexibility index (Phi) is 5.99. The highest BCUT2D eigenvalue weighted by Crippen LogP contribution is 2.26. The van der Waals surface area contributed by atoms with Crippen LogP contribution in [0, 0.1) is 0 Å². The van der Waals surface area contributed by atoms with Crippen molar-refractivity contribution in [3.05, 3.63) is 59.7 Å². The number of anilines is 2. The first kappa shape index (κ1) is 20.0. The Morgan fingerprint density at radius 2 is 1.80 bits per heavy atom. The number of rotatable bonds is 5. The van der Waals surface area contributed by atoms with Crippen LogP contribution in [0.25, 0.3) is 6.08 Å². The lowest BCUT2D eigenvalue weighted by molar-refractivity contribution is -0.149. The Bertz CT molecular complexity index is 948. The molecule has 0 aliphatic carbocycles.